The number of benzene rings is 1. The lowest BCUT2D eigenvalue weighted by atomic mass is 9.53. The minimum Gasteiger partial charge on any atom is -0.352 e. The lowest BCUT2D eigenvalue weighted by molar-refractivity contribution is -0.124. The molecule has 1 aromatic carbocycles. The molecule has 33 heavy (non-hydrogen) atoms. The van der Waals surface area contributed by atoms with Crippen molar-refractivity contribution in [3.63, 3.8) is 0 Å². The first-order valence-electron chi connectivity index (χ1n) is 12.4. The van der Waals surface area contributed by atoms with E-state index in [1.807, 2.05) is 39.0 Å². The molecule has 5 rings (SSSR count). The van der Waals surface area contributed by atoms with Gasteiger partial charge in [-0.25, -0.2) is 0 Å². The lowest BCUT2D eigenvalue weighted by Gasteiger charge is -2.56. The second kappa shape index (κ2) is 10.1. The van der Waals surface area contributed by atoms with E-state index < -0.39 is 0 Å². The Labute approximate surface area is 201 Å². The van der Waals surface area contributed by atoms with Crippen molar-refractivity contribution >= 4 is 29.5 Å². The SMILES string of the molecule is CCN(CC(=O)NC(C)C)C(=O)c1ccccc1SCC(=O)NC12CC3CC(CC(C3)C1)C2. The normalized spacial score (nSPS) is 27.5. The fourth-order valence-corrected chi connectivity index (χ4v) is 7.39. The van der Waals surface area contributed by atoms with Crippen molar-refractivity contribution in [2.45, 2.75) is 75.8 Å². The number of carbonyl (C=O) groups excluding carboxylic acids is 3. The summed E-state index contributed by atoms with van der Waals surface area (Å²) < 4.78 is 0. The molecule has 4 aliphatic rings. The second-order valence-corrected chi connectivity index (χ2v) is 11.6. The van der Waals surface area contributed by atoms with Crippen LogP contribution in [0.3, 0.4) is 0 Å². The lowest BCUT2D eigenvalue weighted by Crippen LogP contribution is -2.60. The molecule has 4 bridgehead atoms. The van der Waals surface area contributed by atoms with Crippen molar-refractivity contribution in [1.82, 2.24) is 15.5 Å². The summed E-state index contributed by atoms with van der Waals surface area (Å²) in [5.74, 6) is 2.38. The van der Waals surface area contributed by atoms with Crippen LogP contribution in [0, 0.1) is 17.8 Å². The van der Waals surface area contributed by atoms with Crippen LogP contribution in [0.4, 0.5) is 0 Å². The molecule has 3 amide bonds. The zero-order valence-corrected chi connectivity index (χ0v) is 20.9. The standard InChI is InChI=1S/C26H37N3O3S/c1-4-29(15-23(30)27-17(2)3)25(32)21-7-5-6-8-22(21)33-16-24(31)28-26-12-18-9-19(13-26)11-20(10-18)14-26/h5-8,17-20H,4,9-16H2,1-3H3,(H,27,30)(H,28,31). The van der Waals surface area contributed by atoms with Gasteiger partial charge in [0.15, 0.2) is 0 Å². The summed E-state index contributed by atoms with van der Waals surface area (Å²) in [6.45, 7) is 6.14. The van der Waals surface area contributed by atoms with E-state index in [-0.39, 0.29) is 35.8 Å². The monoisotopic (exact) mass is 471 g/mol. The van der Waals surface area contributed by atoms with Gasteiger partial charge in [0.25, 0.3) is 5.91 Å². The van der Waals surface area contributed by atoms with Crippen LogP contribution >= 0.6 is 11.8 Å². The van der Waals surface area contributed by atoms with Crippen LogP contribution in [-0.2, 0) is 9.59 Å². The molecule has 4 fully saturated rings. The molecule has 6 nitrogen and oxygen atoms in total. The molecule has 7 heteroatoms. The highest BCUT2D eigenvalue weighted by atomic mass is 32.2. The zero-order chi connectivity index (χ0) is 23.6. The third-order valence-corrected chi connectivity index (χ3v) is 8.45. The number of hydrogen-bond acceptors (Lipinski definition) is 4. The van der Waals surface area contributed by atoms with Gasteiger partial charge in [-0.1, -0.05) is 12.1 Å². The predicted molar refractivity (Wildman–Crippen MR) is 131 cm³/mol. The van der Waals surface area contributed by atoms with Gasteiger partial charge in [-0.05, 0) is 89.2 Å². The van der Waals surface area contributed by atoms with Crippen LogP contribution in [0.25, 0.3) is 0 Å². The molecule has 0 saturated heterocycles. The summed E-state index contributed by atoms with van der Waals surface area (Å²) in [5.41, 5.74) is 0.550. The van der Waals surface area contributed by atoms with Crippen LogP contribution in [0.2, 0.25) is 0 Å². The Morgan fingerprint density at radius 3 is 2.21 bits per heavy atom. The van der Waals surface area contributed by atoms with Crippen molar-refractivity contribution in [1.29, 1.82) is 0 Å². The van der Waals surface area contributed by atoms with E-state index in [2.05, 4.69) is 10.6 Å². The quantitative estimate of drug-likeness (QED) is 0.536. The van der Waals surface area contributed by atoms with Gasteiger partial charge in [0.05, 0.1) is 17.9 Å². The van der Waals surface area contributed by atoms with Crippen molar-refractivity contribution in [3.8, 4) is 0 Å². The zero-order valence-electron chi connectivity index (χ0n) is 20.1. The Kier molecular flexibility index (Phi) is 7.37. The van der Waals surface area contributed by atoms with E-state index in [0.29, 0.717) is 17.9 Å². The summed E-state index contributed by atoms with van der Waals surface area (Å²) in [7, 11) is 0. The molecule has 0 aliphatic heterocycles. The van der Waals surface area contributed by atoms with Crippen molar-refractivity contribution < 1.29 is 14.4 Å². The predicted octanol–water partition coefficient (Wildman–Crippen LogP) is 3.85. The third kappa shape index (κ3) is 5.73. The maximum absolute atomic E-state index is 13.2. The van der Waals surface area contributed by atoms with Crippen molar-refractivity contribution in [2.75, 3.05) is 18.8 Å². The topological polar surface area (TPSA) is 78.5 Å². The van der Waals surface area contributed by atoms with Crippen LogP contribution in [0.1, 0.15) is 69.7 Å². The fraction of sp³-hybridized carbons (Fsp3) is 0.654. The molecule has 0 radical (unpaired) electrons. The van der Waals surface area contributed by atoms with E-state index in [0.717, 1.165) is 41.9 Å². The number of nitrogens with zero attached hydrogens (tertiary/aromatic N) is 1. The Balaban J connectivity index is 1.37. The molecule has 4 saturated carbocycles. The number of hydrogen-bond donors (Lipinski definition) is 2. The number of carbonyl (C=O) groups is 3. The Morgan fingerprint density at radius 2 is 1.64 bits per heavy atom. The third-order valence-electron chi connectivity index (χ3n) is 7.37. The number of nitrogens with one attached hydrogen (secondary N) is 2. The molecule has 180 valence electrons. The average Bonchev–Trinajstić information content (AvgIpc) is 2.74. The first-order valence-corrected chi connectivity index (χ1v) is 13.4. The van der Waals surface area contributed by atoms with Gasteiger partial charge in [-0.2, -0.15) is 0 Å². The first-order chi connectivity index (χ1) is 15.8. The van der Waals surface area contributed by atoms with Crippen molar-refractivity contribution in [3.05, 3.63) is 29.8 Å². The largest absolute Gasteiger partial charge is 0.352 e. The minimum absolute atomic E-state index is 0.00448. The number of rotatable bonds is 9. The Morgan fingerprint density at radius 1 is 1.03 bits per heavy atom. The molecule has 0 atom stereocenters. The van der Waals surface area contributed by atoms with Crippen LogP contribution in [0.5, 0.6) is 0 Å². The van der Waals surface area contributed by atoms with Gasteiger partial charge in [0, 0.05) is 23.0 Å². The summed E-state index contributed by atoms with van der Waals surface area (Å²) >= 11 is 1.41. The molecule has 0 unspecified atom stereocenters. The molecule has 0 aromatic heterocycles. The van der Waals surface area contributed by atoms with E-state index in [4.69, 9.17) is 0 Å². The van der Waals surface area contributed by atoms with Crippen molar-refractivity contribution in [2.24, 2.45) is 17.8 Å². The average molecular weight is 472 g/mol. The van der Waals surface area contributed by atoms with Gasteiger partial charge in [-0.3, -0.25) is 14.4 Å². The van der Waals surface area contributed by atoms with E-state index in [1.54, 1.807) is 11.0 Å². The summed E-state index contributed by atoms with van der Waals surface area (Å²) in [6, 6.07) is 7.41. The molecular formula is C26H37N3O3S. The van der Waals surface area contributed by atoms with E-state index in [1.165, 1.54) is 31.0 Å². The molecule has 1 aromatic rings. The first kappa shape index (κ1) is 24.1. The molecule has 0 heterocycles. The number of likely N-dealkylation sites (N-methyl/N-ethyl adjacent to an activating group) is 1. The Hall–Kier alpha value is -2.02. The summed E-state index contributed by atoms with van der Waals surface area (Å²) in [4.78, 5) is 40.7. The van der Waals surface area contributed by atoms with Gasteiger partial charge >= 0.3 is 0 Å². The molecule has 2 N–H and O–H groups in total. The van der Waals surface area contributed by atoms with E-state index >= 15 is 0 Å². The van der Waals surface area contributed by atoms with Gasteiger partial charge in [-0.15, -0.1) is 11.8 Å². The number of amides is 3. The minimum atomic E-state index is -0.180. The smallest absolute Gasteiger partial charge is 0.255 e. The molecular weight excluding hydrogens is 434 g/mol. The highest BCUT2D eigenvalue weighted by Gasteiger charge is 2.51. The molecule has 4 aliphatic carbocycles. The summed E-state index contributed by atoms with van der Waals surface area (Å²) in [6.07, 6.45) is 7.45. The van der Waals surface area contributed by atoms with Gasteiger partial charge in [0.1, 0.15) is 0 Å². The number of thioether (sulfide) groups is 1. The van der Waals surface area contributed by atoms with E-state index in [9.17, 15) is 14.4 Å². The maximum atomic E-state index is 13.2. The van der Waals surface area contributed by atoms with Gasteiger partial charge < -0.3 is 15.5 Å². The maximum Gasteiger partial charge on any atom is 0.255 e. The highest BCUT2D eigenvalue weighted by Crippen LogP contribution is 2.55. The van der Waals surface area contributed by atoms with Crippen LogP contribution < -0.4 is 10.6 Å². The van der Waals surface area contributed by atoms with Crippen LogP contribution in [0.15, 0.2) is 29.2 Å². The summed E-state index contributed by atoms with van der Waals surface area (Å²) in [5, 5.41) is 6.25. The second-order valence-electron chi connectivity index (χ2n) is 10.6. The highest BCUT2D eigenvalue weighted by molar-refractivity contribution is 8.00. The Bertz CT molecular complexity index is 865. The molecule has 0 spiro atoms. The van der Waals surface area contributed by atoms with Gasteiger partial charge in [0.2, 0.25) is 11.8 Å². The fourth-order valence-electron chi connectivity index (χ4n) is 6.55. The van der Waals surface area contributed by atoms with Crippen LogP contribution in [-0.4, -0.2) is 53.0 Å².